The van der Waals surface area contributed by atoms with E-state index >= 15 is 0 Å². The molecule has 4 nitrogen and oxygen atoms in total. The van der Waals surface area contributed by atoms with E-state index in [2.05, 4.69) is 10.3 Å². The van der Waals surface area contributed by atoms with Crippen LogP contribution in [-0.4, -0.2) is 13.0 Å². The Morgan fingerprint density at radius 1 is 1.35 bits per heavy atom. The van der Waals surface area contributed by atoms with Crippen molar-refractivity contribution in [2.75, 3.05) is 0 Å². The molecular weight excluding hydrogens is 362 g/mol. The minimum atomic E-state index is -3.93. The number of benzene rings is 1. The summed E-state index contributed by atoms with van der Waals surface area (Å²) in [5.41, 5.74) is 0.0366. The SMILES string of the molecule is C#CCn1c(=NS(=O)(=O)c2cccs2)sc2cc(F)cc(F)c21. The molecule has 118 valence electrons. The number of halogens is 2. The van der Waals surface area contributed by atoms with E-state index in [-0.39, 0.29) is 25.8 Å². The van der Waals surface area contributed by atoms with Gasteiger partial charge in [-0.1, -0.05) is 23.3 Å². The van der Waals surface area contributed by atoms with Crippen molar-refractivity contribution in [2.45, 2.75) is 10.8 Å². The Hall–Kier alpha value is -2.02. The summed E-state index contributed by atoms with van der Waals surface area (Å²) in [7, 11) is -3.93. The second kappa shape index (κ2) is 5.88. The zero-order chi connectivity index (χ0) is 16.6. The number of hydrogen-bond donors (Lipinski definition) is 0. The average molecular weight is 370 g/mol. The van der Waals surface area contributed by atoms with Crippen LogP contribution in [-0.2, 0) is 16.6 Å². The minimum absolute atomic E-state index is 0.00384. The highest BCUT2D eigenvalue weighted by atomic mass is 32.2. The molecule has 9 heteroatoms. The van der Waals surface area contributed by atoms with E-state index in [9.17, 15) is 17.2 Å². The van der Waals surface area contributed by atoms with Gasteiger partial charge < -0.3 is 4.57 Å². The van der Waals surface area contributed by atoms with E-state index in [1.165, 1.54) is 10.6 Å². The first-order chi connectivity index (χ1) is 10.9. The van der Waals surface area contributed by atoms with Gasteiger partial charge in [-0.25, -0.2) is 8.78 Å². The fourth-order valence-corrected chi connectivity index (χ4v) is 5.24. The molecule has 3 aromatic rings. The number of aromatic nitrogens is 1. The van der Waals surface area contributed by atoms with Crippen LogP contribution in [0.2, 0.25) is 0 Å². The quantitative estimate of drug-likeness (QED) is 0.666. The predicted molar refractivity (Wildman–Crippen MR) is 85.6 cm³/mol. The van der Waals surface area contributed by atoms with Gasteiger partial charge in [0.05, 0.1) is 16.8 Å². The lowest BCUT2D eigenvalue weighted by molar-refractivity contribution is 0.585. The van der Waals surface area contributed by atoms with Crippen molar-refractivity contribution in [1.82, 2.24) is 4.57 Å². The fourth-order valence-electron chi connectivity index (χ4n) is 2.00. The Balaban J connectivity index is 2.34. The maximum absolute atomic E-state index is 14.0. The Kier molecular flexibility index (Phi) is 4.06. The molecule has 0 aliphatic carbocycles. The Morgan fingerprint density at radius 2 is 2.13 bits per heavy atom. The van der Waals surface area contributed by atoms with Crippen molar-refractivity contribution in [1.29, 1.82) is 0 Å². The summed E-state index contributed by atoms with van der Waals surface area (Å²) >= 11 is 1.88. The molecule has 0 atom stereocenters. The van der Waals surface area contributed by atoms with Gasteiger partial charge in [-0.15, -0.1) is 22.2 Å². The molecule has 0 radical (unpaired) electrons. The average Bonchev–Trinajstić information content (AvgIpc) is 3.08. The highest BCUT2D eigenvalue weighted by Crippen LogP contribution is 2.23. The minimum Gasteiger partial charge on any atom is -0.302 e. The van der Waals surface area contributed by atoms with Gasteiger partial charge in [0.2, 0.25) is 4.80 Å². The molecule has 0 N–H and O–H groups in total. The normalized spacial score (nSPS) is 12.7. The molecule has 1 aromatic carbocycles. The molecule has 2 aromatic heterocycles. The maximum atomic E-state index is 14.0. The fraction of sp³-hybridized carbons (Fsp3) is 0.0714. The second-order valence-electron chi connectivity index (χ2n) is 4.41. The molecule has 0 spiro atoms. The molecule has 0 bridgehead atoms. The van der Waals surface area contributed by atoms with Gasteiger partial charge >= 0.3 is 0 Å². The number of terminal acetylenes is 1. The Morgan fingerprint density at radius 3 is 2.78 bits per heavy atom. The Bertz CT molecular complexity index is 1090. The second-order valence-corrected chi connectivity index (χ2v) is 8.20. The van der Waals surface area contributed by atoms with E-state index in [4.69, 9.17) is 6.42 Å². The first-order valence-electron chi connectivity index (χ1n) is 6.19. The summed E-state index contributed by atoms with van der Waals surface area (Å²) in [4.78, 5) is -0.00384. The number of rotatable bonds is 3. The topological polar surface area (TPSA) is 51.4 Å². The first-order valence-corrected chi connectivity index (χ1v) is 9.32. The first kappa shape index (κ1) is 15.9. The highest BCUT2D eigenvalue weighted by Gasteiger charge is 2.17. The number of fused-ring (bicyclic) bond motifs is 1. The molecule has 0 unspecified atom stereocenters. The molecule has 3 rings (SSSR count). The van der Waals surface area contributed by atoms with Crippen LogP contribution in [0.4, 0.5) is 8.78 Å². The van der Waals surface area contributed by atoms with Crippen molar-refractivity contribution in [3.63, 3.8) is 0 Å². The van der Waals surface area contributed by atoms with E-state index in [1.807, 2.05) is 0 Å². The zero-order valence-corrected chi connectivity index (χ0v) is 13.8. The predicted octanol–water partition coefficient (Wildman–Crippen LogP) is 2.97. The monoisotopic (exact) mass is 370 g/mol. The molecule has 23 heavy (non-hydrogen) atoms. The summed E-state index contributed by atoms with van der Waals surface area (Å²) < 4.78 is 57.2. The molecule has 0 saturated heterocycles. The lowest BCUT2D eigenvalue weighted by Gasteiger charge is -2.01. The van der Waals surface area contributed by atoms with E-state index in [0.717, 1.165) is 34.8 Å². The van der Waals surface area contributed by atoms with Gasteiger partial charge in [0, 0.05) is 6.07 Å². The van der Waals surface area contributed by atoms with Crippen LogP contribution in [0.25, 0.3) is 10.2 Å². The van der Waals surface area contributed by atoms with E-state index < -0.39 is 21.7 Å². The number of nitrogens with zero attached hydrogens (tertiary/aromatic N) is 2. The highest BCUT2D eigenvalue weighted by molar-refractivity contribution is 7.92. The van der Waals surface area contributed by atoms with Crippen LogP contribution >= 0.6 is 22.7 Å². The molecular formula is C14H8F2N2O2S3. The van der Waals surface area contributed by atoms with Crippen LogP contribution in [0.15, 0.2) is 38.3 Å². The van der Waals surface area contributed by atoms with Gasteiger partial charge in [0.25, 0.3) is 10.0 Å². The largest absolute Gasteiger partial charge is 0.302 e. The van der Waals surface area contributed by atoms with Crippen molar-refractivity contribution < 1.29 is 17.2 Å². The summed E-state index contributed by atoms with van der Waals surface area (Å²) in [5, 5.41) is 1.61. The molecule has 0 saturated carbocycles. The molecule has 0 fully saturated rings. The van der Waals surface area contributed by atoms with Crippen LogP contribution < -0.4 is 4.80 Å². The number of hydrogen-bond acceptors (Lipinski definition) is 4. The van der Waals surface area contributed by atoms with Crippen LogP contribution in [0.3, 0.4) is 0 Å². The molecule has 0 aliphatic rings. The smallest absolute Gasteiger partial charge is 0.294 e. The molecule has 0 aliphatic heterocycles. The van der Waals surface area contributed by atoms with Crippen molar-refractivity contribution in [3.05, 3.63) is 46.1 Å². The summed E-state index contributed by atoms with van der Waals surface area (Å²) in [5.74, 6) is 0.751. The Labute approximate surface area is 138 Å². The van der Waals surface area contributed by atoms with E-state index in [0.29, 0.717) is 0 Å². The number of sulfonamides is 1. The molecule has 2 heterocycles. The van der Waals surface area contributed by atoms with Gasteiger partial charge in [-0.05, 0) is 17.5 Å². The van der Waals surface area contributed by atoms with Crippen molar-refractivity contribution in [2.24, 2.45) is 4.40 Å². The van der Waals surface area contributed by atoms with Gasteiger partial charge in [0.1, 0.15) is 10.0 Å². The van der Waals surface area contributed by atoms with Crippen LogP contribution in [0, 0.1) is 24.0 Å². The summed E-state index contributed by atoms with van der Waals surface area (Å²) in [6.07, 6.45) is 5.27. The van der Waals surface area contributed by atoms with E-state index in [1.54, 1.807) is 11.4 Å². The summed E-state index contributed by atoms with van der Waals surface area (Å²) in [6.45, 7) is -0.0820. The lowest BCUT2D eigenvalue weighted by Crippen LogP contribution is -2.17. The van der Waals surface area contributed by atoms with Gasteiger partial charge in [-0.3, -0.25) is 0 Å². The van der Waals surface area contributed by atoms with Crippen molar-refractivity contribution >= 4 is 42.9 Å². The van der Waals surface area contributed by atoms with Gasteiger partial charge in [-0.2, -0.15) is 8.42 Å². The van der Waals surface area contributed by atoms with Crippen LogP contribution in [0.5, 0.6) is 0 Å². The van der Waals surface area contributed by atoms with Crippen molar-refractivity contribution in [3.8, 4) is 12.3 Å². The number of thiophene rings is 1. The van der Waals surface area contributed by atoms with Gasteiger partial charge in [0.15, 0.2) is 5.82 Å². The number of thiazole rings is 1. The third-order valence-electron chi connectivity index (χ3n) is 2.89. The van der Waals surface area contributed by atoms with Crippen LogP contribution in [0.1, 0.15) is 0 Å². The zero-order valence-electron chi connectivity index (χ0n) is 11.4. The molecule has 0 amide bonds. The maximum Gasteiger partial charge on any atom is 0.294 e. The third kappa shape index (κ3) is 2.93. The summed E-state index contributed by atoms with van der Waals surface area (Å²) in [6, 6.07) is 4.84. The lowest BCUT2D eigenvalue weighted by atomic mass is 10.3. The third-order valence-corrected chi connectivity index (χ3v) is 6.67. The standard InChI is InChI=1S/C14H8F2N2O2S3/c1-2-5-18-13-10(16)7-9(15)8-11(13)22-14(18)17-23(19,20)12-4-3-6-21-12/h1,3-4,6-8H,5H2.